The minimum absolute atomic E-state index is 0.119. The van der Waals surface area contributed by atoms with Crippen LogP contribution in [-0.2, 0) is 16.0 Å². The minimum atomic E-state index is -0.888. The highest BCUT2D eigenvalue weighted by Crippen LogP contribution is 2.24. The van der Waals surface area contributed by atoms with E-state index in [4.69, 9.17) is 32.7 Å². The summed E-state index contributed by atoms with van der Waals surface area (Å²) in [7, 11) is 3.12. The number of rotatable bonds is 9. The van der Waals surface area contributed by atoms with E-state index in [0.29, 0.717) is 6.61 Å². The number of benzene rings is 2. The number of esters is 1. The molecule has 0 saturated heterocycles. The maximum Gasteiger partial charge on any atom is 0.328 e. The van der Waals surface area contributed by atoms with Crippen molar-refractivity contribution in [2.45, 2.75) is 12.5 Å². The van der Waals surface area contributed by atoms with Gasteiger partial charge in [0, 0.05) is 13.0 Å². The monoisotopic (exact) mass is 424 g/mol. The molecule has 0 aliphatic rings. The Hall–Kier alpha value is -2.28. The van der Waals surface area contributed by atoms with Crippen LogP contribution < -0.4 is 15.4 Å². The molecule has 28 heavy (non-hydrogen) atoms. The molecular weight excluding hydrogens is 403 g/mol. The van der Waals surface area contributed by atoms with Crippen LogP contribution in [0.25, 0.3) is 0 Å². The van der Waals surface area contributed by atoms with E-state index in [1.54, 1.807) is 18.2 Å². The maximum atomic E-state index is 12.6. The summed E-state index contributed by atoms with van der Waals surface area (Å²) >= 11 is 12.1. The number of hydrogen-bond donors (Lipinski definition) is 2. The molecule has 0 aromatic heterocycles. The predicted octanol–water partition coefficient (Wildman–Crippen LogP) is 3.11. The van der Waals surface area contributed by atoms with Gasteiger partial charge in [0.05, 0.1) is 22.7 Å². The fourth-order valence-corrected chi connectivity index (χ4v) is 3.08. The standard InChI is InChI=1S/C20H22Cl2N2O4/c1-23-10-11-28-14-8-6-13(7-9-14)12-17(20(26)27-2)24-19(25)18-15(21)4-3-5-16(18)22/h3-9,17,23H,10-12H2,1-2H3,(H,24,25)/t17-/m0/s1. The van der Waals surface area contributed by atoms with Gasteiger partial charge in [-0.15, -0.1) is 0 Å². The van der Waals surface area contributed by atoms with Crippen LogP contribution in [0.3, 0.4) is 0 Å². The Morgan fingerprint density at radius 2 is 1.71 bits per heavy atom. The van der Waals surface area contributed by atoms with Crippen LogP contribution in [-0.4, -0.2) is 45.2 Å². The first-order valence-electron chi connectivity index (χ1n) is 8.65. The first kappa shape index (κ1) is 22.0. The second-order valence-corrected chi connectivity index (χ2v) is 6.76. The van der Waals surface area contributed by atoms with Crippen LogP contribution in [0.15, 0.2) is 42.5 Å². The van der Waals surface area contributed by atoms with Crippen LogP contribution in [0, 0.1) is 0 Å². The molecule has 8 heteroatoms. The van der Waals surface area contributed by atoms with Crippen molar-refractivity contribution in [3.63, 3.8) is 0 Å². The second kappa shape index (κ2) is 10.9. The van der Waals surface area contributed by atoms with Crippen LogP contribution in [0.5, 0.6) is 5.75 Å². The molecule has 0 fully saturated rings. The largest absolute Gasteiger partial charge is 0.492 e. The van der Waals surface area contributed by atoms with Crippen LogP contribution >= 0.6 is 23.2 Å². The number of carbonyl (C=O) groups is 2. The van der Waals surface area contributed by atoms with Gasteiger partial charge in [0.1, 0.15) is 18.4 Å². The van der Waals surface area contributed by atoms with Gasteiger partial charge < -0.3 is 20.1 Å². The summed E-state index contributed by atoms with van der Waals surface area (Å²) in [6.45, 7) is 1.29. The topological polar surface area (TPSA) is 76.7 Å². The van der Waals surface area contributed by atoms with E-state index in [9.17, 15) is 9.59 Å². The highest BCUT2D eigenvalue weighted by atomic mass is 35.5. The molecule has 2 rings (SSSR count). The summed E-state index contributed by atoms with van der Waals surface area (Å²) in [4.78, 5) is 24.8. The number of likely N-dealkylation sites (N-methyl/N-ethyl adjacent to an activating group) is 1. The zero-order valence-electron chi connectivity index (χ0n) is 15.6. The number of hydrogen-bond acceptors (Lipinski definition) is 5. The van der Waals surface area contributed by atoms with Gasteiger partial charge in [-0.3, -0.25) is 4.79 Å². The Bertz CT molecular complexity index is 792. The molecule has 0 saturated carbocycles. The molecule has 0 bridgehead atoms. The molecule has 1 atom stereocenters. The van der Waals surface area contributed by atoms with Gasteiger partial charge in [-0.1, -0.05) is 41.4 Å². The van der Waals surface area contributed by atoms with Gasteiger partial charge in [-0.2, -0.15) is 0 Å². The molecule has 2 aromatic carbocycles. The zero-order chi connectivity index (χ0) is 20.5. The minimum Gasteiger partial charge on any atom is -0.492 e. The van der Waals surface area contributed by atoms with Gasteiger partial charge in [-0.25, -0.2) is 4.79 Å². The lowest BCUT2D eigenvalue weighted by atomic mass is 10.0. The zero-order valence-corrected chi connectivity index (χ0v) is 17.1. The van der Waals surface area contributed by atoms with Crippen molar-refractivity contribution in [3.05, 3.63) is 63.6 Å². The summed E-state index contributed by atoms with van der Waals surface area (Å²) in [5, 5.41) is 6.06. The van der Waals surface area contributed by atoms with Crippen molar-refractivity contribution in [2.75, 3.05) is 27.3 Å². The molecule has 6 nitrogen and oxygen atoms in total. The van der Waals surface area contributed by atoms with Crippen LogP contribution in [0.1, 0.15) is 15.9 Å². The smallest absolute Gasteiger partial charge is 0.328 e. The molecule has 0 spiro atoms. The number of halogens is 2. The van der Waals surface area contributed by atoms with Crippen molar-refractivity contribution in [2.24, 2.45) is 0 Å². The van der Waals surface area contributed by atoms with E-state index in [1.165, 1.54) is 7.11 Å². The van der Waals surface area contributed by atoms with Gasteiger partial charge in [-0.05, 0) is 36.9 Å². The Balaban J connectivity index is 2.09. The average molecular weight is 425 g/mol. The molecule has 0 unspecified atom stereocenters. The fourth-order valence-electron chi connectivity index (χ4n) is 2.51. The van der Waals surface area contributed by atoms with E-state index in [-0.39, 0.29) is 22.0 Å². The lowest BCUT2D eigenvalue weighted by Gasteiger charge is -2.18. The lowest BCUT2D eigenvalue weighted by Crippen LogP contribution is -2.43. The Morgan fingerprint density at radius 1 is 1.07 bits per heavy atom. The summed E-state index contributed by atoms with van der Waals surface area (Å²) in [5.74, 6) is -0.385. The second-order valence-electron chi connectivity index (χ2n) is 5.95. The molecule has 2 aromatic rings. The van der Waals surface area contributed by atoms with E-state index in [0.717, 1.165) is 17.9 Å². The fraction of sp³-hybridized carbons (Fsp3) is 0.300. The van der Waals surface area contributed by atoms with Gasteiger partial charge in [0.25, 0.3) is 5.91 Å². The SMILES string of the molecule is CNCCOc1ccc(C[C@H](NC(=O)c2c(Cl)cccc2Cl)C(=O)OC)cc1. The average Bonchev–Trinajstić information content (AvgIpc) is 2.68. The molecule has 0 aliphatic heterocycles. The summed E-state index contributed by atoms with van der Waals surface area (Å²) in [5.41, 5.74) is 0.954. The normalized spacial score (nSPS) is 11.6. The van der Waals surface area contributed by atoms with E-state index in [2.05, 4.69) is 10.6 Å². The quantitative estimate of drug-likeness (QED) is 0.477. The van der Waals surface area contributed by atoms with Gasteiger partial charge >= 0.3 is 5.97 Å². The summed E-state index contributed by atoms with van der Waals surface area (Å²) in [6, 6.07) is 11.2. The first-order chi connectivity index (χ1) is 13.5. The van der Waals surface area contributed by atoms with Crippen molar-refractivity contribution in [1.29, 1.82) is 0 Å². The third-order valence-electron chi connectivity index (χ3n) is 3.96. The lowest BCUT2D eigenvalue weighted by molar-refractivity contribution is -0.142. The predicted molar refractivity (Wildman–Crippen MR) is 109 cm³/mol. The molecule has 0 radical (unpaired) electrons. The van der Waals surface area contributed by atoms with Crippen molar-refractivity contribution in [1.82, 2.24) is 10.6 Å². The van der Waals surface area contributed by atoms with Crippen molar-refractivity contribution in [3.8, 4) is 5.75 Å². The maximum absolute atomic E-state index is 12.6. The highest BCUT2D eigenvalue weighted by molar-refractivity contribution is 6.39. The first-order valence-corrected chi connectivity index (χ1v) is 9.41. The number of amides is 1. The summed E-state index contributed by atoms with van der Waals surface area (Å²) < 4.78 is 10.4. The van der Waals surface area contributed by atoms with Crippen LogP contribution in [0.2, 0.25) is 10.0 Å². The molecule has 1 amide bonds. The Morgan fingerprint density at radius 3 is 2.29 bits per heavy atom. The number of nitrogens with one attached hydrogen (secondary N) is 2. The third kappa shape index (κ3) is 6.12. The Kier molecular flexibility index (Phi) is 8.57. The molecule has 0 heterocycles. The van der Waals surface area contributed by atoms with E-state index >= 15 is 0 Å². The van der Waals surface area contributed by atoms with Gasteiger partial charge in [0.15, 0.2) is 0 Å². The molecule has 0 aliphatic carbocycles. The Labute approximate surface area is 174 Å². The van der Waals surface area contributed by atoms with Crippen molar-refractivity contribution >= 4 is 35.1 Å². The van der Waals surface area contributed by atoms with E-state index < -0.39 is 17.9 Å². The van der Waals surface area contributed by atoms with E-state index in [1.807, 2.05) is 31.3 Å². The van der Waals surface area contributed by atoms with Crippen LogP contribution in [0.4, 0.5) is 0 Å². The summed E-state index contributed by atoms with van der Waals surface area (Å²) in [6.07, 6.45) is 0.247. The van der Waals surface area contributed by atoms with Crippen molar-refractivity contribution < 1.29 is 19.1 Å². The number of methoxy groups -OCH3 is 1. The van der Waals surface area contributed by atoms with Gasteiger partial charge in [0.2, 0.25) is 0 Å². The number of ether oxygens (including phenoxy) is 2. The molecule has 2 N–H and O–H groups in total. The highest BCUT2D eigenvalue weighted by Gasteiger charge is 2.24. The molecular formula is C20H22Cl2N2O4. The number of carbonyl (C=O) groups excluding carboxylic acids is 2. The molecule has 150 valence electrons. The third-order valence-corrected chi connectivity index (χ3v) is 4.59.